The maximum atomic E-state index is 11.8. The molecule has 0 aromatic carbocycles. The zero-order valence-electron chi connectivity index (χ0n) is 9.93. The minimum Gasteiger partial charge on any atom is -0.352 e. The van der Waals surface area contributed by atoms with Gasteiger partial charge in [0.15, 0.2) is 6.29 Å². The molecule has 0 atom stereocenters. The molecular formula is C12H15N3O2. The van der Waals surface area contributed by atoms with Crippen molar-refractivity contribution in [2.24, 2.45) is 0 Å². The summed E-state index contributed by atoms with van der Waals surface area (Å²) in [5, 5.41) is 2.81. The molecule has 5 nitrogen and oxygen atoms in total. The molecule has 0 radical (unpaired) electrons. The number of carbonyl (C=O) groups excluding carboxylic acids is 2. The zero-order chi connectivity index (χ0) is 12.5. The number of amides is 1. The van der Waals surface area contributed by atoms with Crippen LogP contribution in [0, 0.1) is 0 Å². The summed E-state index contributed by atoms with van der Waals surface area (Å²) in [6.07, 6.45) is 2.40. The number of anilines is 1. The molecular weight excluding hydrogens is 218 g/mol. The van der Waals surface area contributed by atoms with E-state index in [4.69, 9.17) is 0 Å². The van der Waals surface area contributed by atoms with Gasteiger partial charge in [0.05, 0.1) is 5.56 Å². The molecule has 1 saturated heterocycles. The highest BCUT2D eigenvalue weighted by Crippen LogP contribution is 2.26. The SMILES string of the molecule is CC1(C)C(=O)NCCN1c1ncccc1C=O. The molecule has 1 aromatic heterocycles. The molecule has 0 unspecified atom stereocenters. The van der Waals surface area contributed by atoms with Gasteiger partial charge in [0.1, 0.15) is 11.4 Å². The smallest absolute Gasteiger partial charge is 0.245 e. The van der Waals surface area contributed by atoms with Gasteiger partial charge in [-0.15, -0.1) is 0 Å². The van der Waals surface area contributed by atoms with Crippen LogP contribution in [-0.2, 0) is 4.79 Å². The molecule has 2 heterocycles. The van der Waals surface area contributed by atoms with Crippen LogP contribution in [0.2, 0.25) is 0 Å². The molecule has 0 spiro atoms. The van der Waals surface area contributed by atoms with Crippen molar-refractivity contribution in [3.8, 4) is 0 Å². The van der Waals surface area contributed by atoms with Crippen LogP contribution in [0.4, 0.5) is 5.82 Å². The lowest BCUT2D eigenvalue weighted by Crippen LogP contribution is -2.62. The van der Waals surface area contributed by atoms with E-state index in [2.05, 4.69) is 10.3 Å². The van der Waals surface area contributed by atoms with Crippen LogP contribution < -0.4 is 10.2 Å². The lowest BCUT2D eigenvalue weighted by Gasteiger charge is -2.42. The van der Waals surface area contributed by atoms with E-state index in [-0.39, 0.29) is 5.91 Å². The molecule has 1 fully saturated rings. The van der Waals surface area contributed by atoms with E-state index in [9.17, 15) is 9.59 Å². The van der Waals surface area contributed by atoms with Gasteiger partial charge >= 0.3 is 0 Å². The molecule has 0 aliphatic carbocycles. The Kier molecular flexibility index (Phi) is 2.83. The summed E-state index contributed by atoms with van der Waals surface area (Å²) in [5.74, 6) is 0.522. The summed E-state index contributed by atoms with van der Waals surface area (Å²) in [6, 6.07) is 3.42. The number of hydrogen-bond donors (Lipinski definition) is 1. The van der Waals surface area contributed by atoms with Gasteiger partial charge in [-0.2, -0.15) is 0 Å². The lowest BCUT2D eigenvalue weighted by atomic mass is 9.98. The molecule has 17 heavy (non-hydrogen) atoms. The number of pyridine rings is 1. The molecule has 1 aliphatic rings. The number of nitrogens with zero attached hydrogens (tertiary/aromatic N) is 2. The van der Waals surface area contributed by atoms with Crippen LogP contribution in [0.25, 0.3) is 0 Å². The number of carbonyl (C=O) groups is 2. The fourth-order valence-electron chi connectivity index (χ4n) is 2.00. The summed E-state index contributed by atoms with van der Waals surface area (Å²) in [5.41, 5.74) is -0.181. The Labute approximate surface area is 99.8 Å². The monoisotopic (exact) mass is 233 g/mol. The number of aldehydes is 1. The predicted octanol–water partition coefficient (Wildman–Crippen LogP) is 0.609. The van der Waals surface area contributed by atoms with Crippen molar-refractivity contribution >= 4 is 18.0 Å². The first kappa shape index (κ1) is 11.6. The van der Waals surface area contributed by atoms with Gasteiger partial charge in [0.2, 0.25) is 5.91 Å². The predicted molar refractivity (Wildman–Crippen MR) is 64.1 cm³/mol. The quantitative estimate of drug-likeness (QED) is 0.760. The maximum absolute atomic E-state index is 11.8. The normalized spacial score (nSPS) is 18.7. The van der Waals surface area contributed by atoms with Crippen LogP contribution in [0.5, 0.6) is 0 Å². The third-order valence-corrected chi connectivity index (χ3v) is 3.05. The minimum absolute atomic E-state index is 0.0498. The van der Waals surface area contributed by atoms with Crippen molar-refractivity contribution in [1.29, 1.82) is 0 Å². The van der Waals surface area contributed by atoms with Crippen molar-refractivity contribution in [2.45, 2.75) is 19.4 Å². The van der Waals surface area contributed by atoms with E-state index in [0.717, 1.165) is 6.29 Å². The van der Waals surface area contributed by atoms with Gasteiger partial charge in [-0.05, 0) is 26.0 Å². The Morgan fingerprint density at radius 2 is 2.29 bits per heavy atom. The minimum atomic E-state index is -0.690. The van der Waals surface area contributed by atoms with Crippen LogP contribution >= 0.6 is 0 Å². The molecule has 0 bridgehead atoms. The first-order valence-electron chi connectivity index (χ1n) is 5.53. The standard InChI is InChI=1S/C12H15N3O2/c1-12(2)11(17)14-6-7-15(12)10-9(8-16)4-3-5-13-10/h3-5,8H,6-7H2,1-2H3,(H,14,17). The third kappa shape index (κ3) is 1.88. The number of hydrogen-bond acceptors (Lipinski definition) is 4. The van der Waals surface area contributed by atoms with Crippen molar-refractivity contribution in [3.63, 3.8) is 0 Å². The summed E-state index contributed by atoms with van der Waals surface area (Å²) >= 11 is 0. The van der Waals surface area contributed by atoms with E-state index in [0.29, 0.717) is 24.5 Å². The summed E-state index contributed by atoms with van der Waals surface area (Å²) in [4.78, 5) is 28.9. The highest BCUT2D eigenvalue weighted by atomic mass is 16.2. The maximum Gasteiger partial charge on any atom is 0.245 e. The molecule has 1 aliphatic heterocycles. The van der Waals surface area contributed by atoms with Crippen molar-refractivity contribution in [2.75, 3.05) is 18.0 Å². The van der Waals surface area contributed by atoms with E-state index in [1.807, 2.05) is 18.7 Å². The van der Waals surface area contributed by atoms with Crippen LogP contribution in [0.1, 0.15) is 24.2 Å². The highest BCUT2D eigenvalue weighted by molar-refractivity contribution is 5.92. The first-order valence-corrected chi connectivity index (χ1v) is 5.53. The number of piperazine rings is 1. The fraction of sp³-hybridized carbons (Fsp3) is 0.417. The number of aromatic nitrogens is 1. The highest BCUT2D eigenvalue weighted by Gasteiger charge is 2.39. The fourth-order valence-corrected chi connectivity index (χ4v) is 2.00. The first-order chi connectivity index (χ1) is 8.07. The lowest BCUT2D eigenvalue weighted by molar-refractivity contribution is -0.126. The molecule has 90 valence electrons. The van der Waals surface area contributed by atoms with Gasteiger partial charge in [-0.3, -0.25) is 9.59 Å². The Bertz CT molecular complexity index is 457. The zero-order valence-corrected chi connectivity index (χ0v) is 9.93. The Morgan fingerprint density at radius 3 is 3.00 bits per heavy atom. The summed E-state index contributed by atoms with van der Waals surface area (Å²) < 4.78 is 0. The van der Waals surface area contributed by atoms with Crippen LogP contribution in [-0.4, -0.2) is 35.8 Å². The van der Waals surface area contributed by atoms with E-state index in [1.54, 1.807) is 18.3 Å². The van der Waals surface area contributed by atoms with Gasteiger partial charge in [0.25, 0.3) is 0 Å². The van der Waals surface area contributed by atoms with Crippen molar-refractivity contribution in [3.05, 3.63) is 23.9 Å². The third-order valence-electron chi connectivity index (χ3n) is 3.05. The molecule has 1 N–H and O–H groups in total. The van der Waals surface area contributed by atoms with Crippen molar-refractivity contribution < 1.29 is 9.59 Å². The Hall–Kier alpha value is -1.91. The second-order valence-electron chi connectivity index (χ2n) is 4.50. The average Bonchev–Trinajstić information content (AvgIpc) is 2.33. The van der Waals surface area contributed by atoms with Gasteiger partial charge in [-0.1, -0.05) is 0 Å². The average molecular weight is 233 g/mol. The summed E-state index contributed by atoms with van der Waals surface area (Å²) in [7, 11) is 0. The van der Waals surface area contributed by atoms with Gasteiger partial charge < -0.3 is 10.2 Å². The van der Waals surface area contributed by atoms with Crippen LogP contribution in [0.15, 0.2) is 18.3 Å². The number of nitrogens with one attached hydrogen (secondary N) is 1. The summed E-state index contributed by atoms with van der Waals surface area (Å²) in [6.45, 7) is 4.86. The van der Waals surface area contributed by atoms with E-state index >= 15 is 0 Å². The van der Waals surface area contributed by atoms with Crippen molar-refractivity contribution in [1.82, 2.24) is 10.3 Å². The number of rotatable bonds is 2. The molecule has 2 rings (SSSR count). The molecule has 1 aromatic rings. The Morgan fingerprint density at radius 1 is 1.53 bits per heavy atom. The molecule has 1 amide bonds. The van der Waals surface area contributed by atoms with Crippen LogP contribution in [0.3, 0.4) is 0 Å². The van der Waals surface area contributed by atoms with E-state index < -0.39 is 5.54 Å². The van der Waals surface area contributed by atoms with Gasteiger partial charge in [-0.25, -0.2) is 4.98 Å². The Balaban J connectivity index is 2.45. The second kappa shape index (κ2) is 4.16. The second-order valence-corrected chi connectivity index (χ2v) is 4.50. The van der Waals surface area contributed by atoms with E-state index in [1.165, 1.54) is 0 Å². The molecule has 5 heteroatoms. The largest absolute Gasteiger partial charge is 0.352 e. The van der Waals surface area contributed by atoms with Gasteiger partial charge in [0, 0.05) is 19.3 Å². The topological polar surface area (TPSA) is 62.3 Å². The molecule has 0 saturated carbocycles.